The molecule has 0 saturated heterocycles. The monoisotopic (exact) mass is 414 g/mol. The lowest BCUT2D eigenvalue weighted by Gasteiger charge is -2.06. The summed E-state index contributed by atoms with van der Waals surface area (Å²) in [5.74, 6) is -0.216. The summed E-state index contributed by atoms with van der Waals surface area (Å²) in [4.78, 5) is 40.8. The smallest absolute Gasteiger partial charge is 0.338 e. The molecule has 29 heavy (non-hydrogen) atoms. The van der Waals surface area contributed by atoms with Gasteiger partial charge in [-0.2, -0.15) is 9.61 Å². The lowest BCUT2D eigenvalue weighted by Crippen LogP contribution is -2.17. The van der Waals surface area contributed by atoms with E-state index in [1.165, 1.54) is 21.9 Å². The third-order valence-electron chi connectivity index (χ3n) is 4.00. The van der Waals surface area contributed by atoms with Crippen molar-refractivity contribution < 1.29 is 14.3 Å². The lowest BCUT2D eigenvalue weighted by atomic mass is 10.1. The van der Waals surface area contributed by atoms with E-state index in [9.17, 15) is 14.4 Å². The van der Waals surface area contributed by atoms with Crippen LogP contribution in [0.3, 0.4) is 0 Å². The van der Waals surface area contributed by atoms with Crippen LogP contribution in [0.1, 0.15) is 48.3 Å². The summed E-state index contributed by atoms with van der Waals surface area (Å²) in [6.07, 6.45) is 1.15. The van der Waals surface area contributed by atoms with Gasteiger partial charge in [0.15, 0.2) is 0 Å². The first kappa shape index (κ1) is 20.7. The molecule has 3 aromatic rings. The Balaban J connectivity index is 1.67. The first-order chi connectivity index (χ1) is 13.9. The molecule has 0 aliphatic heterocycles. The number of benzene rings is 1. The van der Waals surface area contributed by atoms with Crippen LogP contribution in [0.25, 0.3) is 4.96 Å². The molecule has 0 fully saturated rings. The van der Waals surface area contributed by atoms with Crippen LogP contribution < -0.4 is 10.9 Å². The van der Waals surface area contributed by atoms with Crippen LogP contribution in [0.4, 0.5) is 5.69 Å². The van der Waals surface area contributed by atoms with E-state index in [1.807, 2.05) is 0 Å². The van der Waals surface area contributed by atoms with Crippen LogP contribution in [-0.4, -0.2) is 26.5 Å². The SMILES string of the molecule is CCC(=O)Nc1ccc(C(=O)OCc2cc(=O)n3nc(CC(C)C)sc3n2)cc1. The zero-order chi connectivity index (χ0) is 21.0. The van der Waals surface area contributed by atoms with Crippen molar-refractivity contribution in [3.05, 3.63) is 57.0 Å². The van der Waals surface area contributed by atoms with Crippen LogP contribution in [0.5, 0.6) is 0 Å². The summed E-state index contributed by atoms with van der Waals surface area (Å²) >= 11 is 1.36. The van der Waals surface area contributed by atoms with Gasteiger partial charge in [-0.05, 0) is 30.2 Å². The molecule has 8 nitrogen and oxygen atoms in total. The van der Waals surface area contributed by atoms with Gasteiger partial charge >= 0.3 is 5.97 Å². The number of amides is 1. The van der Waals surface area contributed by atoms with Crippen molar-refractivity contribution in [1.29, 1.82) is 0 Å². The van der Waals surface area contributed by atoms with Crippen molar-refractivity contribution in [1.82, 2.24) is 14.6 Å². The minimum atomic E-state index is -0.537. The zero-order valence-corrected chi connectivity index (χ0v) is 17.3. The highest BCUT2D eigenvalue weighted by molar-refractivity contribution is 7.16. The van der Waals surface area contributed by atoms with Crippen LogP contribution >= 0.6 is 11.3 Å². The molecule has 3 rings (SSSR count). The van der Waals surface area contributed by atoms with Crippen LogP contribution in [0.2, 0.25) is 0 Å². The van der Waals surface area contributed by atoms with Gasteiger partial charge in [-0.1, -0.05) is 32.1 Å². The van der Waals surface area contributed by atoms with E-state index < -0.39 is 5.97 Å². The summed E-state index contributed by atoms with van der Waals surface area (Å²) in [6.45, 7) is 5.81. The van der Waals surface area contributed by atoms with Gasteiger partial charge in [0.1, 0.15) is 11.6 Å². The van der Waals surface area contributed by atoms with Crippen molar-refractivity contribution in [3.8, 4) is 0 Å². The molecule has 0 spiro atoms. The van der Waals surface area contributed by atoms with E-state index in [0.29, 0.717) is 34.2 Å². The summed E-state index contributed by atoms with van der Waals surface area (Å²) < 4.78 is 6.55. The molecule has 0 radical (unpaired) electrons. The molecule has 0 unspecified atom stereocenters. The van der Waals surface area contributed by atoms with Crippen LogP contribution in [0, 0.1) is 5.92 Å². The quantitative estimate of drug-likeness (QED) is 0.596. The van der Waals surface area contributed by atoms with Crippen molar-refractivity contribution in [2.75, 3.05) is 5.32 Å². The molecule has 2 heterocycles. The van der Waals surface area contributed by atoms with Crippen molar-refractivity contribution in [2.45, 2.75) is 40.2 Å². The Morgan fingerprint density at radius 3 is 2.62 bits per heavy atom. The van der Waals surface area contributed by atoms with Gasteiger partial charge in [0.2, 0.25) is 10.9 Å². The van der Waals surface area contributed by atoms with Gasteiger partial charge in [0.25, 0.3) is 5.56 Å². The Kier molecular flexibility index (Phi) is 6.38. The van der Waals surface area contributed by atoms with Gasteiger partial charge in [0.05, 0.1) is 11.3 Å². The second-order valence-corrected chi connectivity index (χ2v) is 7.97. The Morgan fingerprint density at radius 1 is 1.24 bits per heavy atom. The Morgan fingerprint density at radius 2 is 1.97 bits per heavy atom. The second-order valence-electron chi connectivity index (χ2n) is 6.93. The number of carbonyl (C=O) groups excluding carboxylic acids is 2. The third-order valence-corrected chi connectivity index (χ3v) is 4.93. The number of aromatic nitrogens is 3. The molecule has 2 aromatic heterocycles. The maximum atomic E-state index is 12.3. The largest absolute Gasteiger partial charge is 0.456 e. The molecule has 0 atom stereocenters. The number of rotatable bonds is 7. The maximum absolute atomic E-state index is 12.3. The maximum Gasteiger partial charge on any atom is 0.338 e. The van der Waals surface area contributed by atoms with E-state index in [2.05, 4.69) is 29.2 Å². The van der Waals surface area contributed by atoms with E-state index >= 15 is 0 Å². The Hall–Kier alpha value is -3.07. The number of hydrogen-bond donors (Lipinski definition) is 1. The minimum Gasteiger partial charge on any atom is -0.456 e. The number of esters is 1. The number of nitrogens with zero attached hydrogens (tertiary/aromatic N) is 3. The number of ether oxygens (including phenoxy) is 1. The minimum absolute atomic E-state index is 0.104. The Bertz CT molecular complexity index is 1090. The van der Waals surface area contributed by atoms with Crippen molar-refractivity contribution in [3.63, 3.8) is 0 Å². The zero-order valence-electron chi connectivity index (χ0n) is 16.5. The van der Waals surface area contributed by atoms with E-state index in [0.717, 1.165) is 11.4 Å². The fourth-order valence-corrected chi connectivity index (χ4v) is 3.69. The first-order valence-electron chi connectivity index (χ1n) is 9.31. The highest BCUT2D eigenvalue weighted by atomic mass is 32.1. The Labute approximate surface area is 171 Å². The topological polar surface area (TPSA) is 103 Å². The lowest BCUT2D eigenvalue weighted by molar-refractivity contribution is -0.115. The van der Waals surface area contributed by atoms with E-state index in [1.54, 1.807) is 31.2 Å². The summed E-state index contributed by atoms with van der Waals surface area (Å²) in [5.41, 5.74) is 1.02. The number of hydrogen-bond acceptors (Lipinski definition) is 7. The van der Waals surface area contributed by atoms with Crippen molar-refractivity contribution in [2.24, 2.45) is 5.92 Å². The molecule has 1 aromatic carbocycles. The fourth-order valence-electron chi connectivity index (χ4n) is 2.56. The molecular weight excluding hydrogens is 392 g/mol. The van der Waals surface area contributed by atoms with Crippen LogP contribution in [0.15, 0.2) is 35.1 Å². The number of carbonyl (C=O) groups is 2. The van der Waals surface area contributed by atoms with Gasteiger partial charge in [-0.3, -0.25) is 9.59 Å². The highest BCUT2D eigenvalue weighted by Gasteiger charge is 2.13. The average Bonchev–Trinajstić information content (AvgIpc) is 3.08. The third kappa shape index (κ3) is 5.26. The molecule has 0 aliphatic rings. The highest BCUT2D eigenvalue weighted by Crippen LogP contribution is 2.16. The van der Waals surface area contributed by atoms with Gasteiger partial charge in [-0.25, -0.2) is 9.78 Å². The molecule has 152 valence electrons. The van der Waals surface area contributed by atoms with Gasteiger partial charge < -0.3 is 10.1 Å². The predicted molar refractivity (Wildman–Crippen MR) is 110 cm³/mol. The summed E-state index contributed by atoms with van der Waals surface area (Å²) in [5, 5.41) is 7.84. The second kappa shape index (κ2) is 8.95. The van der Waals surface area contributed by atoms with E-state index in [-0.39, 0.29) is 18.1 Å². The summed E-state index contributed by atoms with van der Waals surface area (Å²) in [6, 6.07) is 7.73. The van der Waals surface area contributed by atoms with Crippen molar-refractivity contribution >= 4 is 33.9 Å². The number of nitrogens with one attached hydrogen (secondary N) is 1. The first-order valence-corrected chi connectivity index (χ1v) is 10.1. The van der Waals surface area contributed by atoms with E-state index in [4.69, 9.17) is 4.74 Å². The number of anilines is 1. The summed E-state index contributed by atoms with van der Waals surface area (Å²) in [7, 11) is 0. The molecule has 1 N–H and O–H groups in total. The molecule has 1 amide bonds. The molecule has 0 aliphatic carbocycles. The standard InChI is InChI=1S/C20H22N4O4S/c1-4-16(25)21-14-7-5-13(6-8-14)19(27)28-11-15-10-18(26)24-20(22-15)29-17(23-24)9-12(2)3/h5-8,10,12H,4,9,11H2,1-3H3,(H,21,25). The molecule has 9 heteroatoms. The number of fused-ring (bicyclic) bond motifs is 1. The van der Waals surface area contributed by atoms with Crippen LogP contribution in [-0.2, 0) is 22.6 Å². The average molecular weight is 414 g/mol. The molecule has 0 bridgehead atoms. The normalized spacial score (nSPS) is 11.0. The predicted octanol–water partition coefficient (Wildman–Crippen LogP) is 3.06. The van der Waals surface area contributed by atoms with Gasteiger partial charge in [-0.15, -0.1) is 0 Å². The van der Waals surface area contributed by atoms with Gasteiger partial charge in [0, 0.05) is 24.6 Å². The molecule has 0 saturated carbocycles. The molecular formula is C20H22N4O4S. The fraction of sp³-hybridized carbons (Fsp3) is 0.350.